The standard InChI is InChI=1S/C15H24N2OS/c1-4-8-18-14-10-12(5-6-13(14)16)17-7-9-19-15(2,3)11-17/h5-6,10H,4,7-9,11,16H2,1-3H3. The molecule has 2 rings (SSSR count). The van der Waals surface area contributed by atoms with E-state index in [1.807, 2.05) is 17.8 Å². The number of nitrogen functional groups attached to an aromatic ring is 1. The zero-order valence-corrected chi connectivity index (χ0v) is 12.9. The lowest BCUT2D eigenvalue weighted by Gasteiger charge is -2.39. The SMILES string of the molecule is CCCOc1cc(N2CCSC(C)(C)C2)ccc1N. The van der Waals surface area contributed by atoms with Gasteiger partial charge in [0.05, 0.1) is 12.3 Å². The molecule has 0 unspecified atom stereocenters. The predicted molar refractivity (Wildman–Crippen MR) is 85.4 cm³/mol. The van der Waals surface area contributed by atoms with E-state index in [1.54, 1.807) is 0 Å². The van der Waals surface area contributed by atoms with E-state index in [-0.39, 0.29) is 0 Å². The maximum atomic E-state index is 5.97. The molecule has 0 aromatic heterocycles. The van der Waals surface area contributed by atoms with Gasteiger partial charge in [-0.2, -0.15) is 11.8 Å². The molecule has 0 aliphatic carbocycles. The van der Waals surface area contributed by atoms with E-state index < -0.39 is 0 Å². The number of anilines is 2. The van der Waals surface area contributed by atoms with Gasteiger partial charge in [-0.25, -0.2) is 0 Å². The van der Waals surface area contributed by atoms with Crippen LogP contribution in [0.4, 0.5) is 11.4 Å². The molecular formula is C15H24N2OS. The fourth-order valence-electron chi connectivity index (χ4n) is 2.29. The largest absolute Gasteiger partial charge is 0.491 e. The summed E-state index contributed by atoms with van der Waals surface area (Å²) in [5.74, 6) is 1.98. The molecule has 3 nitrogen and oxygen atoms in total. The minimum atomic E-state index is 0.310. The highest BCUT2D eigenvalue weighted by atomic mass is 32.2. The molecule has 0 spiro atoms. The van der Waals surface area contributed by atoms with Gasteiger partial charge < -0.3 is 15.4 Å². The van der Waals surface area contributed by atoms with Crippen LogP contribution in [-0.2, 0) is 0 Å². The van der Waals surface area contributed by atoms with Gasteiger partial charge in [0.25, 0.3) is 0 Å². The van der Waals surface area contributed by atoms with Gasteiger partial charge in [0.2, 0.25) is 0 Å². The number of benzene rings is 1. The zero-order valence-electron chi connectivity index (χ0n) is 12.1. The Morgan fingerprint density at radius 1 is 1.42 bits per heavy atom. The first-order chi connectivity index (χ1) is 9.02. The van der Waals surface area contributed by atoms with Crippen LogP contribution in [0.25, 0.3) is 0 Å². The molecule has 2 N–H and O–H groups in total. The van der Waals surface area contributed by atoms with Crippen molar-refractivity contribution in [3.8, 4) is 5.75 Å². The van der Waals surface area contributed by atoms with Crippen LogP contribution >= 0.6 is 11.8 Å². The first kappa shape index (κ1) is 14.4. The van der Waals surface area contributed by atoms with E-state index >= 15 is 0 Å². The van der Waals surface area contributed by atoms with Crippen molar-refractivity contribution in [1.29, 1.82) is 0 Å². The quantitative estimate of drug-likeness (QED) is 0.858. The third-order valence-electron chi connectivity index (χ3n) is 3.25. The average molecular weight is 280 g/mol. The summed E-state index contributed by atoms with van der Waals surface area (Å²) in [6, 6.07) is 6.13. The first-order valence-electron chi connectivity index (χ1n) is 6.93. The van der Waals surface area contributed by atoms with E-state index in [2.05, 4.69) is 37.8 Å². The maximum absolute atomic E-state index is 5.97. The molecule has 0 amide bonds. The van der Waals surface area contributed by atoms with Crippen LogP contribution in [0.15, 0.2) is 18.2 Å². The van der Waals surface area contributed by atoms with Crippen LogP contribution < -0.4 is 15.4 Å². The van der Waals surface area contributed by atoms with Gasteiger partial charge in [-0.1, -0.05) is 6.92 Å². The number of ether oxygens (including phenoxy) is 1. The van der Waals surface area contributed by atoms with Gasteiger partial charge in [0.1, 0.15) is 5.75 Å². The second-order valence-electron chi connectivity index (χ2n) is 5.60. The molecule has 0 saturated carbocycles. The lowest BCUT2D eigenvalue weighted by Crippen LogP contribution is -2.43. The number of hydrogen-bond acceptors (Lipinski definition) is 4. The second kappa shape index (κ2) is 5.95. The van der Waals surface area contributed by atoms with Crippen molar-refractivity contribution in [1.82, 2.24) is 0 Å². The van der Waals surface area contributed by atoms with Crippen molar-refractivity contribution in [2.75, 3.05) is 36.1 Å². The lowest BCUT2D eigenvalue weighted by molar-refractivity contribution is 0.319. The monoisotopic (exact) mass is 280 g/mol. The number of thioether (sulfide) groups is 1. The van der Waals surface area contributed by atoms with Gasteiger partial charge in [-0.05, 0) is 32.4 Å². The third-order valence-corrected chi connectivity index (χ3v) is 4.55. The summed E-state index contributed by atoms with van der Waals surface area (Å²) in [6.45, 7) is 9.57. The van der Waals surface area contributed by atoms with Crippen molar-refractivity contribution < 1.29 is 4.74 Å². The average Bonchev–Trinajstić information content (AvgIpc) is 2.36. The highest BCUT2D eigenvalue weighted by molar-refractivity contribution is 8.00. The fraction of sp³-hybridized carbons (Fsp3) is 0.600. The molecule has 1 saturated heterocycles. The maximum Gasteiger partial charge on any atom is 0.144 e. The lowest BCUT2D eigenvalue weighted by atomic mass is 10.1. The predicted octanol–water partition coefficient (Wildman–Crippen LogP) is 3.39. The molecule has 1 aliphatic rings. The van der Waals surface area contributed by atoms with E-state index in [0.29, 0.717) is 4.75 Å². The Balaban J connectivity index is 2.15. The Morgan fingerprint density at radius 2 is 2.21 bits per heavy atom. The zero-order chi connectivity index (χ0) is 13.9. The van der Waals surface area contributed by atoms with Crippen LogP contribution in [-0.4, -0.2) is 30.2 Å². The van der Waals surface area contributed by atoms with E-state index in [4.69, 9.17) is 10.5 Å². The summed E-state index contributed by atoms with van der Waals surface area (Å²) in [6.07, 6.45) is 0.997. The summed E-state index contributed by atoms with van der Waals surface area (Å²) in [7, 11) is 0. The van der Waals surface area contributed by atoms with Crippen LogP contribution in [0.3, 0.4) is 0 Å². The molecule has 4 heteroatoms. The normalized spacial score (nSPS) is 18.4. The van der Waals surface area contributed by atoms with Gasteiger partial charge >= 0.3 is 0 Å². The van der Waals surface area contributed by atoms with Crippen LogP contribution in [0, 0.1) is 0 Å². The molecule has 1 aromatic carbocycles. The molecule has 0 atom stereocenters. The molecule has 0 bridgehead atoms. The Hall–Kier alpha value is -1.03. The van der Waals surface area contributed by atoms with Crippen molar-refractivity contribution in [2.45, 2.75) is 31.9 Å². The summed E-state index contributed by atoms with van der Waals surface area (Å²) < 4.78 is 6.02. The van der Waals surface area contributed by atoms with E-state index in [1.165, 1.54) is 11.4 Å². The highest BCUT2D eigenvalue weighted by Gasteiger charge is 2.27. The Kier molecular flexibility index (Phi) is 4.50. The molecule has 1 aromatic rings. The summed E-state index contributed by atoms with van der Waals surface area (Å²) >= 11 is 2.04. The van der Waals surface area contributed by atoms with Gasteiger partial charge in [0.15, 0.2) is 0 Å². The summed E-state index contributed by atoms with van der Waals surface area (Å²) in [5.41, 5.74) is 7.91. The molecular weight excluding hydrogens is 256 g/mol. The van der Waals surface area contributed by atoms with Crippen molar-refractivity contribution in [3.63, 3.8) is 0 Å². The van der Waals surface area contributed by atoms with Crippen LogP contribution in [0.2, 0.25) is 0 Å². The first-order valence-corrected chi connectivity index (χ1v) is 7.91. The summed E-state index contributed by atoms with van der Waals surface area (Å²) in [4.78, 5) is 2.43. The molecule has 0 radical (unpaired) electrons. The minimum Gasteiger partial charge on any atom is -0.491 e. The van der Waals surface area contributed by atoms with Crippen molar-refractivity contribution in [3.05, 3.63) is 18.2 Å². The summed E-state index contributed by atoms with van der Waals surface area (Å²) in [5, 5.41) is 0. The highest BCUT2D eigenvalue weighted by Crippen LogP contribution is 2.34. The molecule has 1 heterocycles. The minimum absolute atomic E-state index is 0.310. The number of hydrogen-bond donors (Lipinski definition) is 1. The fourth-order valence-corrected chi connectivity index (χ4v) is 3.41. The van der Waals surface area contributed by atoms with Gasteiger partial charge in [-0.15, -0.1) is 0 Å². The second-order valence-corrected chi connectivity index (χ2v) is 7.40. The topological polar surface area (TPSA) is 38.5 Å². The molecule has 106 valence electrons. The van der Waals surface area contributed by atoms with Crippen LogP contribution in [0.1, 0.15) is 27.2 Å². The number of nitrogens with zero attached hydrogens (tertiary/aromatic N) is 1. The molecule has 1 fully saturated rings. The van der Waals surface area contributed by atoms with Crippen LogP contribution in [0.5, 0.6) is 5.75 Å². The Morgan fingerprint density at radius 3 is 2.89 bits per heavy atom. The Labute approximate surface area is 120 Å². The van der Waals surface area contributed by atoms with Gasteiger partial charge in [-0.3, -0.25) is 0 Å². The third kappa shape index (κ3) is 3.72. The number of nitrogens with two attached hydrogens (primary N) is 1. The van der Waals surface area contributed by atoms with Crippen molar-refractivity contribution in [2.24, 2.45) is 0 Å². The van der Waals surface area contributed by atoms with Gasteiger partial charge in [0, 0.05) is 35.3 Å². The number of rotatable bonds is 4. The van der Waals surface area contributed by atoms with Crippen molar-refractivity contribution >= 4 is 23.1 Å². The molecule has 1 aliphatic heterocycles. The van der Waals surface area contributed by atoms with E-state index in [9.17, 15) is 0 Å². The van der Waals surface area contributed by atoms with E-state index in [0.717, 1.165) is 37.6 Å². The smallest absolute Gasteiger partial charge is 0.144 e. The Bertz CT molecular complexity index is 434. The molecule has 19 heavy (non-hydrogen) atoms.